The van der Waals surface area contributed by atoms with E-state index >= 15 is 0 Å². The highest BCUT2D eigenvalue weighted by Crippen LogP contribution is 2.41. The van der Waals surface area contributed by atoms with Gasteiger partial charge in [-0.2, -0.15) is 18.3 Å². The zero-order valence-corrected chi connectivity index (χ0v) is 20.9. The molecule has 0 unspecified atom stereocenters. The van der Waals surface area contributed by atoms with E-state index in [4.69, 9.17) is 11.6 Å². The van der Waals surface area contributed by atoms with Gasteiger partial charge in [-0.15, -0.1) is 21.8 Å². The Morgan fingerprint density at radius 2 is 1.92 bits per heavy atom. The van der Waals surface area contributed by atoms with Gasteiger partial charge in [0.1, 0.15) is 18.0 Å². The fraction of sp³-hybridized carbons (Fsp3) is 0.292. The summed E-state index contributed by atoms with van der Waals surface area (Å²) in [5.74, 6) is 0.534. The average molecular weight is 531 g/mol. The molecule has 192 valence electrons. The summed E-state index contributed by atoms with van der Waals surface area (Å²) in [5, 5.41) is 15.6. The lowest BCUT2D eigenvalue weighted by atomic mass is 9.99. The molecule has 0 spiro atoms. The van der Waals surface area contributed by atoms with Crippen molar-refractivity contribution in [3.63, 3.8) is 0 Å². The number of rotatable bonds is 6. The molecule has 9 nitrogen and oxygen atoms in total. The molecular formula is C24H22ClF3N8O. The highest BCUT2D eigenvalue weighted by molar-refractivity contribution is 6.17. The first-order chi connectivity index (χ1) is 17.6. The van der Waals surface area contributed by atoms with E-state index in [1.54, 1.807) is 41.0 Å². The molecule has 0 fully saturated rings. The van der Waals surface area contributed by atoms with Gasteiger partial charge in [0.15, 0.2) is 5.82 Å². The lowest BCUT2D eigenvalue weighted by molar-refractivity contribution is -0.138. The fourth-order valence-electron chi connectivity index (χ4n) is 4.52. The van der Waals surface area contributed by atoms with Crippen LogP contribution in [-0.2, 0) is 32.7 Å². The number of fused-ring (bicyclic) bond motifs is 1. The van der Waals surface area contributed by atoms with Crippen molar-refractivity contribution in [3.8, 4) is 22.6 Å². The van der Waals surface area contributed by atoms with Crippen molar-refractivity contribution in [3.05, 3.63) is 59.0 Å². The molecule has 0 aliphatic carbocycles. The number of pyridine rings is 1. The molecule has 5 rings (SSSR count). The summed E-state index contributed by atoms with van der Waals surface area (Å²) in [5.41, 5.74) is 1.27. The van der Waals surface area contributed by atoms with Crippen molar-refractivity contribution in [2.45, 2.75) is 25.5 Å². The Morgan fingerprint density at radius 3 is 2.57 bits per heavy atom. The SMILES string of the molecule is CCNc1cc(-c2c(-c3nncn3C)cnn2C)cc(N2Cc3c(cc(CCl)cc3C(F)(F)F)C2=O)n1. The maximum Gasteiger partial charge on any atom is 0.416 e. The number of amides is 1. The molecule has 1 aromatic carbocycles. The Balaban J connectivity index is 1.64. The topological polar surface area (TPSA) is 93.8 Å². The molecule has 1 N–H and O–H groups in total. The number of hydrogen-bond acceptors (Lipinski definition) is 6. The highest BCUT2D eigenvalue weighted by atomic mass is 35.5. The number of anilines is 2. The van der Waals surface area contributed by atoms with E-state index in [0.717, 1.165) is 6.07 Å². The second kappa shape index (κ2) is 9.18. The van der Waals surface area contributed by atoms with Gasteiger partial charge in [0.05, 0.1) is 29.6 Å². The molecule has 37 heavy (non-hydrogen) atoms. The molecule has 1 amide bonds. The van der Waals surface area contributed by atoms with E-state index in [9.17, 15) is 18.0 Å². The summed E-state index contributed by atoms with van der Waals surface area (Å²) in [4.78, 5) is 19.2. The molecule has 0 saturated heterocycles. The first-order valence-electron chi connectivity index (χ1n) is 11.4. The Morgan fingerprint density at radius 1 is 1.14 bits per heavy atom. The van der Waals surface area contributed by atoms with Crippen LogP contribution < -0.4 is 10.2 Å². The summed E-state index contributed by atoms with van der Waals surface area (Å²) < 4.78 is 45.0. The van der Waals surface area contributed by atoms with E-state index in [1.807, 2.05) is 14.0 Å². The third-order valence-corrected chi connectivity index (χ3v) is 6.48. The normalized spacial score (nSPS) is 13.4. The minimum Gasteiger partial charge on any atom is -0.370 e. The zero-order chi connectivity index (χ0) is 26.5. The van der Waals surface area contributed by atoms with Crippen LogP contribution in [0.4, 0.5) is 24.8 Å². The van der Waals surface area contributed by atoms with Gasteiger partial charge in [0.25, 0.3) is 5.91 Å². The molecule has 0 atom stereocenters. The number of carbonyl (C=O) groups excluding carboxylic acids is 1. The Labute approximate surface area is 214 Å². The average Bonchev–Trinajstić information content (AvgIpc) is 3.54. The summed E-state index contributed by atoms with van der Waals surface area (Å²) in [6.07, 6.45) is -1.40. The maximum atomic E-state index is 13.9. The van der Waals surface area contributed by atoms with Crippen molar-refractivity contribution in [2.75, 3.05) is 16.8 Å². The van der Waals surface area contributed by atoms with Crippen molar-refractivity contribution in [1.29, 1.82) is 0 Å². The van der Waals surface area contributed by atoms with Crippen LogP contribution in [-0.4, -0.2) is 42.0 Å². The molecule has 0 bridgehead atoms. The Bertz CT molecular complexity index is 1510. The number of benzene rings is 1. The quantitative estimate of drug-likeness (QED) is 0.365. The highest BCUT2D eigenvalue weighted by Gasteiger charge is 2.41. The van der Waals surface area contributed by atoms with E-state index in [-0.39, 0.29) is 34.9 Å². The predicted molar refractivity (Wildman–Crippen MR) is 132 cm³/mol. The third kappa shape index (κ3) is 4.31. The van der Waals surface area contributed by atoms with Gasteiger partial charge < -0.3 is 9.88 Å². The van der Waals surface area contributed by atoms with Crippen LogP contribution in [0.15, 0.2) is 36.8 Å². The van der Waals surface area contributed by atoms with Gasteiger partial charge in [-0.25, -0.2) is 4.98 Å². The van der Waals surface area contributed by atoms with Crippen LogP contribution in [0.25, 0.3) is 22.6 Å². The molecule has 1 aliphatic heterocycles. The van der Waals surface area contributed by atoms with Gasteiger partial charge in [0.2, 0.25) is 0 Å². The molecule has 3 aromatic heterocycles. The summed E-state index contributed by atoms with van der Waals surface area (Å²) in [6.45, 7) is 2.17. The monoisotopic (exact) mass is 530 g/mol. The minimum atomic E-state index is -4.63. The lowest BCUT2D eigenvalue weighted by Crippen LogP contribution is -2.24. The van der Waals surface area contributed by atoms with E-state index in [2.05, 4.69) is 25.6 Å². The standard InChI is InChI=1S/C24H22ClF3N8O/c1-4-29-19-7-14(21-16(10-31-35(21)3)22-33-30-12-34(22)2)8-20(32-19)36-11-17-15(23(36)37)5-13(9-25)6-18(17)24(26,27)28/h5-8,10,12H,4,9,11H2,1-3H3,(H,29,32). The predicted octanol–water partition coefficient (Wildman–Crippen LogP) is 4.63. The number of nitrogens with one attached hydrogen (secondary N) is 1. The molecule has 4 heterocycles. The van der Waals surface area contributed by atoms with Crippen molar-refractivity contribution in [2.24, 2.45) is 14.1 Å². The molecular weight excluding hydrogens is 509 g/mol. The second-order valence-corrected chi connectivity index (χ2v) is 8.88. The zero-order valence-electron chi connectivity index (χ0n) is 20.1. The van der Waals surface area contributed by atoms with Crippen LogP contribution in [0.5, 0.6) is 0 Å². The Kier molecular flexibility index (Phi) is 6.14. The van der Waals surface area contributed by atoms with Crippen LogP contribution in [0.3, 0.4) is 0 Å². The molecule has 0 radical (unpaired) electrons. The maximum absolute atomic E-state index is 13.9. The van der Waals surface area contributed by atoms with Gasteiger partial charge in [-0.3, -0.25) is 14.4 Å². The molecule has 0 saturated carbocycles. The smallest absolute Gasteiger partial charge is 0.370 e. The van der Waals surface area contributed by atoms with Crippen LogP contribution in [0.1, 0.15) is 34.0 Å². The van der Waals surface area contributed by atoms with Crippen LogP contribution in [0.2, 0.25) is 0 Å². The number of hydrogen-bond donors (Lipinski definition) is 1. The molecule has 1 aliphatic rings. The second-order valence-electron chi connectivity index (χ2n) is 8.62. The van der Waals surface area contributed by atoms with Crippen molar-refractivity contribution in [1.82, 2.24) is 29.5 Å². The number of aryl methyl sites for hydroxylation is 2. The number of halogens is 4. The first-order valence-corrected chi connectivity index (χ1v) is 11.9. The molecule has 4 aromatic rings. The van der Waals surface area contributed by atoms with Crippen LogP contribution in [0, 0.1) is 0 Å². The number of nitrogens with zero attached hydrogens (tertiary/aromatic N) is 7. The fourth-order valence-corrected chi connectivity index (χ4v) is 4.67. The van der Waals surface area contributed by atoms with E-state index in [1.165, 1.54) is 11.0 Å². The largest absolute Gasteiger partial charge is 0.416 e. The third-order valence-electron chi connectivity index (χ3n) is 6.17. The van der Waals surface area contributed by atoms with Crippen LogP contribution >= 0.6 is 11.6 Å². The molecule has 13 heteroatoms. The first kappa shape index (κ1) is 24.8. The van der Waals surface area contributed by atoms with Crippen molar-refractivity contribution >= 4 is 29.1 Å². The summed E-state index contributed by atoms with van der Waals surface area (Å²) >= 11 is 5.84. The van der Waals surface area contributed by atoms with E-state index in [0.29, 0.717) is 35.0 Å². The minimum absolute atomic E-state index is 0.0250. The summed E-state index contributed by atoms with van der Waals surface area (Å²) in [6, 6.07) is 5.88. The van der Waals surface area contributed by atoms with Gasteiger partial charge >= 0.3 is 6.18 Å². The number of aromatic nitrogens is 6. The van der Waals surface area contributed by atoms with Gasteiger partial charge in [-0.1, -0.05) is 0 Å². The number of alkyl halides is 4. The lowest BCUT2D eigenvalue weighted by Gasteiger charge is -2.18. The summed E-state index contributed by atoms with van der Waals surface area (Å²) in [7, 11) is 3.57. The Hall–Kier alpha value is -3.93. The van der Waals surface area contributed by atoms with Gasteiger partial charge in [-0.05, 0) is 42.3 Å². The van der Waals surface area contributed by atoms with E-state index < -0.39 is 17.6 Å². The number of carbonyl (C=O) groups is 1. The van der Waals surface area contributed by atoms with Crippen molar-refractivity contribution < 1.29 is 18.0 Å². The van der Waals surface area contributed by atoms with Gasteiger partial charge in [0, 0.05) is 37.6 Å².